The van der Waals surface area contributed by atoms with Gasteiger partial charge in [-0.15, -0.1) is 0 Å². The molecule has 3 aromatic rings. The summed E-state index contributed by atoms with van der Waals surface area (Å²) in [6.07, 6.45) is 5.55. The summed E-state index contributed by atoms with van der Waals surface area (Å²) < 4.78 is 0. The van der Waals surface area contributed by atoms with E-state index in [-0.39, 0.29) is 0 Å². The third kappa shape index (κ3) is 6.24. The molecule has 0 spiro atoms. The van der Waals surface area contributed by atoms with Gasteiger partial charge in [0.15, 0.2) is 0 Å². The van der Waals surface area contributed by atoms with Crippen LogP contribution in [0.3, 0.4) is 0 Å². The zero-order valence-corrected chi connectivity index (χ0v) is 25.3. The number of pyridine rings is 1. The summed E-state index contributed by atoms with van der Waals surface area (Å²) >= 11 is 0. The van der Waals surface area contributed by atoms with Crippen molar-refractivity contribution in [3.8, 4) is 11.3 Å². The summed E-state index contributed by atoms with van der Waals surface area (Å²) in [5.74, 6) is 0.978. The van der Waals surface area contributed by atoms with E-state index < -0.39 is 0 Å². The maximum Gasteiger partial charge on any atom is 0.135 e. The van der Waals surface area contributed by atoms with E-state index in [1.54, 1.807) is 0 Å². The van der Waals surface area contributed by atoms with Crippen LogP contribution in [0.1, 0.15) is 92.1 Å². The Morgan fingerprint density at radius 3 is 2.17 bits per heavy atom. The average molecular weight is 538 g/mol. The Morgan fingerprint density at radius 2 is 1.52 bits per heavy atom. The first-order valence-electron chi connectivity index (χ1n) is 15.5. The van der Waals surface area contributed by atoms with E-state index in [0.717, 1.165) is 69.8 Å². The molecule has 40 heavy (non-hydrogen) atoms. The minimum atomic E-state index is 0.323. The molecule has 0 amide bonds. The Kier molecular flexibility index (Phi) is 9.17. The molecule has 212 valence electrons. The van der Waals surface area contributed by atoms with Crippen LogP contribution in [0.2, 0.25) is 0 Å². The van der Waals surface area contributed by atoms with Crippen LogP contribution in [0, 0.1) is 12.8 Å². The van der Waals surface area contributed by atoms with Gasteiger partial charge >= 0.3 is 0 Å². The summed E-state index contributed by atoms with van der Waals surface area (Å²) in [5, 5.41) is 0. The zero-order valence-electron chi connectivity index (χ0n) is 25.3. The van der Waals surface area contributed by atoms with Gasteiger partial charge in [-0.25, -0.2) is 0 Å². The molecule has 4 nitrogen and oxygen atoms in total. The number of benzene rings is 2. The number of aromatic nitrogens is 1. The number of fused-ring (bicyclic) bond motifs is 1. The second-order valence-electron chi connectivity index (χ2n) is 12.3. The number of likely N-dealkylation sites (tertiary alicyclic amines) is 1. The summed E-state index contributed by atoms with van der Waals surface area (Å²) in [4.78, 5) is 22.7. The van der Waals surface area contributed by atoms with Gasteiger partial charge in [0.2, 0.25) is 0 Å². The zero-order chi connectivity index (χ0) is 28.2. The average Bonchev–Trinajstić information content (AvgIpc) is 2.96. The molecule has 5 rings (SSSR count). The van der Waals surface area contributed by atoms with Crippen LogP contribution in [-0.2, 0) is 37.1 Å². The molecule has 0 radical (unpaired) electrons. The van der Waals surface area contributed by atoms with Crippen molar-refractivity contribution in [3.63, 3.8) is 0 Å². The van der Waals surface area contributed by atoms with Crippen LogP contribution in [0.5, 0.6) is 0 Å². The molecule has 1 fully saturated rings. The molecule has 2 aliphatic rings. The second-order valence-corrected chi connectivity index (χ2v) is 12.3. The molecular formula is C36H47N3O. The van der Waals surface area contributed by atoms with Crippen molar-refractivity contribution in [3.05, 3.63) is 87.6 Å². The Hall–Kier alpha value is -2.82. The lowest BCUT2D eigenvalue weighted by Gasteiger charge is -2.39. The number of rotatable bonds is 9. The van der Waals surface area contributed by atoms with E-state index in [1.165, 1.54) is 38.9 Å². The van der Waals surface area contributed by atoms with E-state index in [4.69, 9.17) is 4.98 Å². The number of carbonyl (C=O) groups excluding carboxylic acids is 1. The van der Waals surface area contributed by atoms with Gasteiger partial charge in [0.05, 0.1) is 5.69 Å². The fourth-order valence-electron chi connectivity index (χ4n) is 6.91. The van der Waals surface area contributed by atoms with Crippen molar-refractivity contribution in [1.29, 1.82) is 0 Å². The minimum Gasteiger partial charge on any atom is -0.300 e. The van der Waals surface area contributed by atoms with E-state index >= 15 is 0 Å². The molecule has 3 heterocycles. The topological polar surface area (TPSA) is 36.4 Å². The third-order valence-corrected chi connectivity index (χ3v) is 9.03. The molecular weight excluding hydrogens is 490 g/mol. The number of hydrogen-bond acceptors (Lipinski definition) is 4. The summed E-state index contributed by atoms with van der Waals surface area (Å²) in [6, 6.07) is 18.4. The number of carbonyl (C=O) groups is 1. The van der Waals surface area contributed by atoms with Gasteiger partial charge in [0.1, 0.15) is 5.78 Å². The predicted octanol–water partition coefficient (Wildman–Crippen LogP) is 7.49. The first kappa shape index (κ1) is 28.7. The number of piperidine rings is 1. The number of nitrogens with zero attached hydrogens (tertiary/aromatic N) is 3. The molecule has 0 aliphatic carbocycles. The fraction of sp³-hybridized carbons (Fsp3) is 0.500. The lowest BCUT2D eigenvalue weighted by molar-refractivity contribution is -0.121. The highest BCUT2D eigenvalue weighted by Gasteiger charge is 2.30. The number of hydrogen-bond donors (Lipinski definition) is 0. The molecule has 1 aromatic heterocycles. The number of aryl methyl sites for hydroxylation is 3. The standard InChI is InChI=1S/C36H47N3O/c1-6-27-13-10-14-28(7-2)36(27)33-22-31(23-38-18-16-32(40)17-19-38)35(26(5)37-33)34(21-25(3)4)39-20-15-29-11-8-9-12-30(29)24-39/h8-14,22,25,34H,6-7,15-21,23-24H2,1-5H3. The van der Waals surface area contributed by atoms with Crippen molar-refractivity contribution in [2.45, 2.75) is 92.3 Å². The van der Waals surface area contributed by atoms with Crippen molar-refractivity contribution >= 4 is 5.78 Å². The highest BCUT2D eigenvalue weighted by molar-refractivity contribution is 5.79. The molecule has 1 unspecified atom stereocenters. The molecule has 2 aromatic carbocycles. The van der Waals surface area contributed by atoms with Crippen molar-refractivity contribution in [2.75, 3.05) is 19.6 Å². The monoisotopic (exact) mass is 537 g/mol. The first-order chi connectivity index (χ1) is 19.4. The Balaban J connectivity index is 1.62. The third-order valence-electron chi connectivity index (χ3n) is 9.03. The van der Waals surface area contributed by atoms with Crippen LogP contribution >= 0.6 is 0 Å². The highest BCUT2D eigenvalue weighted by atomic mass is 16.1. The van der Waals surface area contributed by atoms with Gasteiger partial charge in [0, 0.05) is 62.9 Å². The number of Topliss-reactive ketones (excluding diaryl/α,β-unsaturated/α-hetero) is 1. The number of ketones is 1. The molecule has 0 N–H and O–H groups in total. The smallest absolute Gasteiger partial charge is 0.135 e. The fourth-order valence-corrected chi connectivity index (χ4v) is 6.91. The maximum absolute atomic E-state index is 12.1. The van der Waals surface area contributed by atoms with Gasteiger partial charge in [-0.05, 0) is 78.0 Å². The molecule has 0 bridgehead atoms. The summed E-state index contributed by atoms with van der Waals surface area (Å²) in [5.41, 5.74) is 12.1. The first-order valence-corrected chi connectivity index (χ1v) is 15.5. The van der Waals surface area contributed by atoms with E-state index in [1.807, 2.05) is 0 Å². The molecule has 1 saturated heterocycles. The van der Waals surface area contributed by atoms with Gasteiger partial charge in [-0.3, -0.25) is 19.6 Å². The lowest BCUT2D eigenvalue weighted by atomic mass is 9.87. The second kappa shape index (κ2) is 12.8. The molecule has 4 heteroatoms. The van der Waals surface area contributed by atoms with Crippen molar-refractivity contribution in [2.24, 2.45) is 5.92 Å². The van der Waals surface area contributed by atoms with E-state index in [0.29, 0.717) is 30.6 Å². The molecule has 0 saturated carbocycles. The van der Waals surface area contributed by atoms with Crippen molar-refractivity contribution < 1.29 is 4.79 Å². The SMILES string of the molecule is CCc1cccc(CC)c1-c1cc(CN2CCC(=O)CC2)c(C(CC(C)C)N2CCc3ccccc3C2)c(C)n1. The highest BCUT2D eigenvalue weighted by Crippen LogP contribution is 2.38. The minimum absolute atomic E-state index is 0.323. The van der Waals surface area contributed by atoms with Crippen LogP contribution < -0.4 is 0 Å². The Labute approximate surface area is 241 Å². The Morgan fingerprint density at radius 1 is 0.850 bits per heavy atom. The normalized spacial score (nSPS) is 17.3. The largest absolute Gasteiger partial charge is 0.300 e. The van der Waals surface area contributed by atoms with Gasteiger partial charge in [-0.1, -0.05) is 70.2 Å². The molecule has 1 atom stereocenters. The lowest BCUT2D eigenvalue weighted by Crippen LogP contribution is -2.37. The van der Waals surface area contributed by atoms with Crippen LogP contribution in [0.25, 0.3) is 11.3 Å². The summed E-state index contributed by atoms with van der Waals surface area (Å²) in [6.45, 7) is 16.1. The van der Waals surface area contributed by atoms with Gasteiger partial charge in [-0.2, -0.15) is 0 Å². The van der Waals surface area contributed by atoms with Crippen LogP contribution in [-0.4, -0.2) is 40.2 Å². The van der Waals surface area contributed by atoms with Crippen LogP contribution in [0.4, 0.5) is 0 Å². The van der Waals surface area contributed by atoms with E-state index in [9.17, 15) is 4.79 Å². The predicted molar refractivity (Wildman–Crippen MR) is 165 cm³/mol. The van der Waals surface area contributed by atoms with Gasteiger partial charge < -0.3 is 0 Å². The van der Waals surface area contributed by atoms with Crippen LogP contribution in [0.15, 0.2) is 48.5 Å². The molecule has 2 aliphatic heterocycles. The quantitative estimate of drug-likeness (QED) is 0.283. The van der Waals surface area contributed by atoms with Gasteiger partial charge in [0.25, 0.3) is 0 Å². The van der Waals surface area contributed by atoms with Crippen molar-refractivity contribution in [1.82, 2.24) is 14.8 Å². The van der Waals surface area contributed by atoms with E-state index in [2.05, 4.69) is 92.9 Å². The summed E-state index contributed by atoms with van der Waals surface area (Å²) in [7, 11) is 0. The Bertz CT molecular complexity index is 1310. The maximum atomic E-state index is 12.1.